The molecule has 1 fully saturated rings. The van der Waals surface area contributed by atoms with E-state index in [4.69, 9.17) is 0 Å². The van der Waals surface area contributed by atoms with Crippen LogP contribution in [0.3, 0.4) is 0 Å². The number of aryl methyl sites for hydroxylation is 1. The molecular weight excluding hydrogens is 298 g/mol. The Kier molecular flexibility index (Phi) is 4.95. The van der Waals surface area contributed by atoms with Crippen molar-refractivity contribution in [2.45, 2.75) is 57.2 Å². The molecule has 122 valence electrons. The lowest BCUT2D eigenvalue weighted by Crippen LogP contribution is -2.46. The van der Waals surface area contributed by atoms with Crippen LogP contribution in [-0.2, 0) is 20.2 Å². The van der Waals surface area contributed by atoms with Crippen molar-refractivity contribution in [3.8, 4) is 0 Å². The molecule has 0 heterocycles. The predicted molar refractivity (Wildman–Crippen MR) is 88.4 cm³/mol. The van der Waals surface area contributed by atoms with Crippen LogP contribution in [0, 0.1) is 6.92 Å². The lowest BCUT2D eigenvalue weighted by Gasteiger charge is -2.31. The van der Waals surface area contributed by atoms with Crippen molar-refractivity contribution >= 4 is 15.7 Å². The van der Waals surface area contributed by atoms with Gasteiger partial charge in [-0.3, -0.25) is 4.79 Å². The van der Waals surface area contributed by atoms with E-state index < -0.39 is 32.3 Å². The van der Waals surface area contributed by atoms with Crippen LogP contribution in [0.1, 0.15) is 50.7 Å². The molecule has 1 aliphatic carbocycles. The van der Waals surface area contributed by atoms with E-state index in [9.17, 15) is 13.2 Å². The molecule has 0 aliphatic heterocycles. The summed E-state index contributed by atoms with van der Waals surface area (Å²) >= 11 is 0. The molecule has 4 nitrogen and oxygen atoms in total. The van der Waals surface area contributed by atoms with Crippen LogP contribution in [0.25, 0.3) is 0 Å². The van der Waals surface area contributed by atoms with Gasteiger partial charge in [-0.25, -0.2) is 8.42 Å². The van der Waals surface area contributed by atoms with Gasteiger partial charge >= 0.3 is 0 Å². The van der Waals surface area contributed by atoms with E-state index in [0.29, 0.717) is 0 Å². The van der Waals surface area contributed by atoms with Crippen molar-refractivity contribution in [2.75, 3.05) is 5.75 Å². The smallest absolute Gasteiger partial charge is 0.235 e. The molecule has 0 atom stereocenters. The second-order valence-corrected chi connectivity index (χ2v) is 9.12. The number of carbonyl (C=O) groups is 1. The molecule has 5 heteroatoms. The average Bonchev–Trinajstić information content (AvgIpc) is 2.87. The van der Waals surface area contributed by atoms with Gasteiger partial charge in [-0.05, 0) is 39.2 Å². The van der Waals surface area contributed by atoms with Gasteiger partial charge in [0.1, 0.15) is 5.75 Å². The highest BCUT2D eigenvalue weighted by Crippen LogP contribution is 2.39. The van der Waals surface area contributed by atoms with Gasteiger partial charge in [-0.15, -0.1) is 0 Å². The van der Waals surface area contributed by atoms with Gasteiger partial charge in [0.05, 0.1) is 10.8 Å². The summed E-state index contributed by atoms with van der Waals surface area (Å²) in [6, 6.07) is 8.12. The number of sulfone groups is 1. The number of amides is 1. The third-order valence-electron chi connectivity index (χ3n) is 4.46. The minimum Gasteiger partial charge on any atom is -0.346 e. The van der Waals surface area contributed by atoms with Crippen LogP contribution in [0.15, 0.2) is 24.3 Å². The van der Waals surface area contributed by atoms with E-state index in [2.05, 4.69) is 11.4 Å². The number of carbonyl (C=O) groups excluding carboxylic acids is 1. The third-order valence-corrected chi connectivity index (χ3v) is 6.56. The zero-order chi connectivity index (χ0) is 16.4. The molecule has 1 aromatic carbocycles. The van der Waals surface area contributed by atoms with Gasteiger partial charge in [-0.2, -0.15) is 0 Å². The summed E-state index contributed by atoms with van der Waals surface area (Å²) in [5.74, 6) is -0.824. The number of hydrogen-bond acceptors (Lipinski definition) is 3. The first-order valence-electron chi connectivity index (χ1n) is 7.85. The van der Waals surface area contributed by atoms with E-state index in [1.54, 1.807) is 13.8 Å². The molecule has 0 aromatic heterocycles. The molecule has 0 saturated heterocycles. The minimum atomic E-state index is -3.37. The first-order chi connectivity index (χ1) is 10.3. The number of hydrogen-bond donors (Lipinski definition) is 1. The third kappa shape index (κ3) is 3.69. The van der Waals surface area contributed by atoms with Gasteiger partial charge < -0.3 is 5.32 Å². The summed E-state index contributed by atoms with van der Waals surface area (Å²) < 4.78 is 23.9. The Balaban J connectivity index is 2.21. The first kappa shape index (κ1) is 17.0. The van der Waals surface area contributed by atoms with Crippen molar-refractivity contribution in [3.63, 3.8) is 0 Å². The Morgan fingerprint density at radius 3 is 2.45 bits per heavy atom. The van der Waals surface area contributed by atoms with Crippen LogP contribution >= 0.6 is 0 Å². The van der Waals surface area contributed by atoms with Crippen LogP contribution in [-0.4, -0.2) is 25.3 Å². The van der Waals surface area contributed by atoms with Crippen LogP contribution in [0.2, 0.25) is 0 Å². The summed E-state index contributed by atoms with van der Waals surface area (Å²) in [7, 11) is -3.37. The van der Waals surface area contributed by atoms with Crippen molar-refractivity contribution in [3.05, 3.63) is 35.4 Å². The van der Waals surface area contributed by atoms with E-state index in [1.165, 1.54) is 0 Å². The summed E-state index contributed by atoms with van der Waals surface area (Å²) in [5, 5.41) is 2.50. The van der Waals surface area contributed by atoms with Crippen LogP contribution in [0.5, 0.6) is 0 Å². The minimum absolute atomic E-state index is 0.392. The molecular formula is C17H25NO3S. The van der Waals surface area contributed by atoms with Crippen LogP contribution in [0.4, 0.5) is 0 Å². The van der Waals surface area contributed by atoms with Gasteiger partial charge in [0.2, 0.25) is 5.91 Å². The maximum Gasteiger partial charge on any atom is 0.235 e. The zero-order valence-corrected chi connectivity index (χ0v) is 14.4. The van der Waals surface area contributed by atoms with E-state index in [-0.39, 0.29) is 0 Å². The zero-order valence-electron chi connectivity index (χ0n) is 13.6. The van der Waals surface area contributed by atoms with Crippen molar-refractivity contribution < 1.29 is 13.2 Å². The van der Waals surface area contributed by atoms with Crippen LogP contribution < -0.4 is 5.32 Å². The fourth-order valence-corrected chi connectivity index (χ4v) is 3.83. The predicted octanol–water partition coefficient (Wildman–Crippen LogP) is 2.70. The topological polar surface area (TPSA) is 63.2 Å². The highest BCUT2D eigenvalue weighted by atomic mass is 32.2. The molecule has 22 heavy (non-hydrogen) atoms. The van der Waals surface area contributed by atoms with E-state index >= 15 is 0 Å². The van der Waals surface area contributed by atoms with Crippen molar-refractivity contribution in [2.24, 2.45) is 0 Å². The molecule has 1 aliphatic rings. The molecule has 0 bridgehead atoms. The highest BCUT2D eigenvalue weighted by Gasteiger charge is 2.37. The Morgan fingerprint density at radius 2 is 1.91 bits per heavy atom. The fourth-order valence-electron chi connectivity index (χ4n) is 3.06. The van der Waals surface area contributed by atoms with Gasteiger partial charge in [0.25, 0.3) is 0 Å². The monoisotopic (exact) mass is 323 g/mol. The molecule has 2 rings (SSSR count). The van der Waals surface area contributed by atoms with E-state index in [1.807, 2.05) is 25.1 Å². The number of rotatable bonds is 5. The van der Waals surface area contributed by atoms with E-state index in [0.717, 1.165) is 36.8 Å². The Bertz CT molecular complexity index is 644. The normalized spacial score (nSPS) is 17.6. The largest absolute Gasteiger partial charge is 0.346 e. The summed E-state index contributed by atoms with van der Waals surface area (Å²) in [6.45, 7) is 5.24. The van der Waals surface area contributed by atoms with Gasteiger partial charge in [0, 0.05) is 0 Å². The molecule has 0 radical (unpaired) electrons. The first-order valence-corrected chi connectivity index (χ1v) is 9.56. The Labute approximate surface area is 133 Å². The molecule has 0 unspecified atom stereocenters. The van der Waals surface area contributed by atoms with Gasteiger partial charge in [0.15, 0.2) is 9.84 Å². The second kappa shape index (κ2) is 6.41. The summed E-state index contributed by atoms with van der Waals surface area (Å²) in [5.41, 5.74) is 1.82. The quantitative estimate of drug-likeness (QED) is 0.906. The SMILES string of the molecule is Cc1cccc(C2(NC(=O)CS(=O)(=O)C(C)C)CCCC2)c1. The lowest BCUT2D eigenvalue weighted by molar-refractivity contribution is -0.120. The fraction of sp³-hybridized carbons (Fsp3) is 0.588. The Morgan fingerprint density at radius 1 is 1.27 bits per heavy atom. The highest BCUT2D eigenvalue weighted by molar-refractivity contribution is 7.92. The number of benzene rings is 1. The standard InChI is InChI=1S/C17H25NO3S/c1-13(2)22(20,21)12-16(19)18-17(9-4-5-10-17)15-8-6-7-14(3)11-15/h6-8,11,13H,4-5,9-10,12H2,1-3H3,(H,18,19). The van der Waals surface area contributed by atoms with Crippen molar-refractivity contribution in [1.82, 2.24) is 5.32 Å². The molecule has 1 saturated carbocycles. The maximum atomic E-state index is 12.3. The second-order valence-electron chi connectivity index (χ2n) is 6.56. The molecule has 1 aromatic rings. The maximum absolute atomic E-state index is 12.3. The average molecular weight is 323 g/mol. The molecule has 0 spiro atoms. The summed E-state index contributed by atoms with van der Waals surface area (Å²) in [6.07, 6.45) is 3.82. The summed E-state index contributed by atoms with van der Waals surface area (Å²) in [4.78, 5) is 12.3. The Hall–Kier alpha value is -1.36. The number of nitrogens with one attached hydrogen (secondary N) is 1. The molecule has 1 N–H and O–H groups in total. The van der Waals surface area contributed by atoms with Gasteiger partial charge in [-0.1, -0.05) is 42.7 Å². The lowest BCUT2D eigenvalue weighted by atomic mass is 9.87. The molecule has 1 amide bonds. The van der Waals surface area contributed by atoms with Crippen molar-refractivity contribution in [1.29, 1.82) is 0 Å².